The van der Waals surface area contributed by atoms with Gasteiger partial charge in [0.2, 0.25) is 5.95 Å². The Labute approximate surface area is 175 Å². The minimum absolute atomic E-state index is 0.235. The van der Waals surface area contributed by atoms with Crippen LogP contribution in [0.15, 0.2) is 79.0 Å². The zero-order valence-corrected chi connectivity index (χ0v) is 16.7. The maximum Gasteiger partial charge on any atom is 0.213 e. The summed E-state index contributed by atoms with van der Waals surface area (Å²) >= 11 is 0. The molecule has 0 aliphatic heterocycles. The Balaban J connectivity index is 1.59. The van der Waals surface area contributed by atoms with Crippen LogP contribution in [0.1, 0.15) is 43.5 Å². The number of benzene rings is 1. The molecule has 1 saturated carbocycles. The topological polar surface area (TPSA) is 43.6 Å². The molecule has 1 fully saturated rings. The lowest BCUT2D eigenvalue weighted by Crippen LogP contribution is -2.32. The van der Waals surface area contributed by atoms with Crippen molar-refractivity contribution in [1.82, 2.24) is 19.7 Å². The largest absolute Gasteiger partial charge is 0.250 e. The van der Waals surface area contributed by atoms with Crippen LogP contribution >= 0.6 is 0 Å². The van der Waals surface area contributed by atoms with E-state index in [0.29, 0.717) is 11.4 Å². The van der Waals surface area contributed by atoms with Gasteiger partial charge in [-0.15, -0.1) is 0 Å². The molecule has 0 radical (unpaired) electrons. The van der Waals surface area contributed by atoms with E-state index in [1.54, 1.807) is 12.1 Å². The highest BCUT2D eigenvalue weighted by Gasteiger charge is 2.39. The number of pyridine rings is 2. The summed E-state index contributed by atoms with van der Waals surface area (Å²) in [7, 11) is 0. The second-order valence-electron chi connectivity index (χ2n) is 7.88. The summed E-state index contributed by atoms with van der Waals surface area (Å²) in [6.07, 6.45) is 7.55. The summed E-state index contributed by atoms with van der Waals surface area (Å²) in [5.74, 6) is -0.492. The van der Waals surface area contributed by atoms with Crippen LogP contribution in [0.5, 0.6) is 0 Å². The highest BCUT2D eigenvalue weighted by Crippen LogP contribution is 2.44. The van der Waals surface area contributed by atoms with E-state index in [1.165, 1.54) is 12.5 Å². The van der Waals surface area contributed by atoms with E-state index in [1.807, 2.05) is 41.2 Å². The number of hydrogen-bond acceptors (Lipinski definition) is 3. The minimum Gasteiger partial charge on any atom is -0.250 e. The van der Waals surface area contributed by atoms with Gasteiger partial charge in [0.05, 0.1) is 33.9 Å². The molecule has 0 unspecified atom stereocenters. The molecule has 4 nitrogen and oxygen atoms in total. The van der Waals surface area contributed by atoms with Crippen molar-refractivity contribution in [3.63, 3.8) is 0 Å². The molecule has 150 valence electrons. The number of hydrogen-bond donors (Lipinski definition) is 0. The van der Waals surface area contributed by atoms with E-state index < -0.39 is 5.95 Å². The smallest absolute Gasteiger partial charge is 0.213 e. The molecule has 0 N–H and O–H groups in total. The lowest BCUT2D eigenvalue weighted by Gasteiger charge is -2.35. The Bertz CT molecular complexity index is 1150. The molecule has 5 heteroatoms. The van der Waals surface area contributed by atoms with Crippen LogP contribution in [-0.2, 0) is 5.41 Å². The van der Waals surface area contributed by atoms with Gasteiger partial charge in [-0.25, -0.2) is 9.67 Å². The summed E-state index contributed by atoms with van der Waals surface area (Å²) in [5.41, 5.74) is 4.09. The first-order valence-electron chi connectivity index (χ1n) is 10.5. The van der Waals surface area contributed by atoms with Gasteiger partial charge in [0.1, 0.15) is 0 Å². The summed E-state index contributed by atoms with van der Waals surface area (Å²) in [6, 6.07) is 23.1. The molecule has 3 aromatic heterocycles. The SMILES string of the molecule is Fc1cccc(-c2cccc(C3(c4ccn(-c5ccccc5)n4)CCCCC3)n2)n1. The Morgan fingerprint density at radius 2 is 1.43 bits per heavy atom. The summed E-state index contributed by atoms with van der Waals surface area (Å²) in [4.78, 5) is 8.98. The molecule has 0 atom stereocenters. The summed E-state index contributed by atoms with van der Waals surface area (Å²) in [5, 5.41) is 4.97. The van der Waals surface area contributed by atoms with Crippen molar-refractivity contribution in [3.8, 4) is 17.1 Å². The van der Waals surface area contributed by atoms with Gasteiger partial charge in [-0.05, 0) is 55.3 Å². The summed E-state index contributed by atoms with van der Waals surface area (Å²) < 4.78 is 15.6. The van der Waals surface area contributed by atoms with Crippen LogP contribution in [0.2, 0.25) is 0 Å². The molecule has 3 heterocycles. The normalized spacial score (nSPS) is 15.8. The van der Waals surface area contributed by atoms with Gasteiger partial charge >= 0.3 is 0 Å². The average Bonchev–Trinajstić information content (AvgIpc) is 3.31. The molecule has 0 spiro atoms. The van der Waals surface area contributed by atoms with E-state index in [4.69, 9.17) is 10.1 Å². The second-order valence-corrected chi connectivity index (χ2v) is 7.88. The zero-order chi connectivity index (χ0) is 20.4. The first-order valence-corrected chi connectivity index (χ1v) is 10.5. The molecule has 0 amide bonds. The Kier molecular flexibility index (Phi) is 4.87. The fourth-order valence-electron chi connectivity index (χ4n) is 4.50. The monoisotopic (exact) mass is 398 g/mol. The van der Waals surface area contributed by atoms with Crippen LogP contribution in [0, 0.1) is 5.95 Å². The van der Waals surface area contributed by atoms with Crippen LogP contribution in [-0.4, -0.2) is 19.7 Å². The maximum absolute atomic E-state index is 13.7. The third-order valence-electron chi connectivity index (χ3n) is 6.02. The Hall–Kier alpha value is -3.34. The lowest BCUT2D eigenvalue weighted by molar-refractivity contribution is 0.330. The van der Waals surface area contributed by atoms with Gasteiger partial charge in [0, 0.05) is 6.20 Å². The van der Waals surface area contributed by atoms with Crippen LogP contribution in [0.3, 0.4) is 0 Å². The zero-order valence-electron chi connectivity index (χ0n) is 16.7. The van der Waals surface area contributed by atoms with Crippen molar-refractivity contribution in [2.75, 3.05) is 0 Å². The molecular formula is C25H23FN4. The third-order valence-corrected chi connectivity index (χ3v) is 6.02. The van der Waals surface area contributed by atoms with Crippen LogP contribution < -0.4 is 0 Å². The van der Waals surface area contributed by atoms with Gasteiger partial charge in [0.25, 0.3) is 0 Å². The fourth-order valence-corrected chi connectivity index (χ4v) is 4.50. The van der Waals surface area contributed by atoms with Crippen molar-refractivity contribution in [2.24, 2.45) is 0 Å². The molecule has 0 bridgehead atoms. The third kappa shape index (κ3) is 3.41. The average molecular weight is 398 g/mol. The van der Waals surface area contributed by atoms with Crippen molar-refractivity contribution in [3.05, 3.63) is 96.3 Å². The van der Waals surface area contributed by atoms with E-state index in [0.717, 1.165) is 42.8 Å². The standard InChI is InChI=1S/C25H23FN4/c26-24-14-8-12-21(28-24)20-11-7-13-22(27-20)25(16-5-2-6-17-25)23-15-18-30(29-23)19-9-3-1-4-10-19/h1,3-4,7-15,18H,2,5-6,16-17H2. The van der Waals surface area contributed by atoms with Crippen molar-refractivity contribution >= 4 is 0 Å². The first-order chi connectivity index (χ1) is 14.7. The second kappa shape index (κ2) is 7.82. The summed E-state index contributed by atoms with van der Waals surface area (Å²) in [6.45, 7) is 0. The van der Waals surface area contributed by atoms with Gasteiger partial charge in [-0.2, -0.15) is 9.49 Å². The lowest BCUT2D eigenvalue weighted by atomic mass is 9.69. The number of halogens is 1. The van der Waals surface area contributed by atoms with Crippen molar-refractivity contribution in [1.29, 1.82) is 0 Å². The molecular weight excluding hydrogens is 375 g/mol. The number of para-hydroxylation sites is 1. The molecule has 1 aliphatic rings. The predicted octanol–water partition coefficient (Wildman–Crippen LogP) is 5.72. The van der Waals surface area contributed by atoms with Gasteiger partial charge in [0.15, 0.2) is 0 Å². The van der Waals surface area contributed by atoms with Crippen LogP contribution in [0.4, 0.5) is 4.39 Å². The van der Waals surface area contributed by atoms with Gasteiger partial charge < -0.3 is 0 Å². The molecule has 4 aromatic rings. The molecule has 1 aromatic carbocycles. The van der Waals surface area contributed by atoms with Crippen molar-refractivity contribution in [2.45, 2.75) is 37.5 Å². The van der Waals surface area contributed by atoms with E-state index in [2.05, 4.69) is 29.2 Å². The number of aromatic nitrogens is 4. The predicted molar refractivity (Wildman–Crippen MR) is 115 cm³/mol. The van der Waals surface area contributed by atoms with Gasteiger partial charge in [-0.3, -0.25) is 4.98 Å². The van der Waals surface area contributed by atoms with Crippen LogP contribution in [0.25, 0.3) is 17.1 Å². The molecule has 0 saturated heterocycles. The molecule has 30 heavy (non-hydrogen) atoms. The highest BCUT2D eigenvalue weighted by molar-refractivity contribution is 5.54. The van der Waals surface area contributed by atoms with E-state index in [-0.39, 0.29) is 5.41 Å². The maximum atomic E-state index is 13.7. The Morgan fingerprint density at radius 3 is 2.20 bits per heavy atom. The van der Waals surface area contributed by atoms with Crippen molar-refractivity contribution < 1.29 is 4.39 Å². The van der Waals surface area contributed by atoms with Gasteiger partial charge in [-0.1, -0.05) is 49.6 Å². The fraction of sp³-hybridized carbons (Fsp3) is 0.240. The minimum atomic E-state index is -0.492. The number of nitrogens with zero attached hydrogens (tertiary/aromatic N) is 4. The molecule has 5 rings (SSSR count). The first kappa shape index (κ1) is 18.7. The number of rotatable bonds is 4. The highest BCUT2D eigenvalue weighted by atomic mass is 19.1. The van der Waals surface area contributed by atoms with E-state index >= 15 is 0 Å². The Morgan fingerprint density at radius 1 is 0.700 bits per heavy atom. The quantitative estimate of drug-likeness (QED) is 0.413. The van der Waals surface area contributed by atoms with E-state index in [9.17, 15) is 4.39 Å². The molecule has 1 aliphatic carbocycles.